The lowest BCUT2D eigenvalue weighted by molar-refractivity contribution is -0.150. The largest absolute Gasteiger partial charge is 0.482 e. The number of hydrogen-bond donors (Lipinski definition) is 1. The average Bonchev–Trinajstić information content (AvgIpc) is 3.50. The second kappa shape index (κ2) is 7.44. The highest BCUT2D eigenvalue weighted by atomic mass is 16.6. The first kappa shape index (κ1) is 17.7. The Morgan fingerprint density at radius 1 is 1.19 bits per heavy atom. The number of nitrogens with one attached hydrogen (secondary N) is 1. The lowest BCUT2D eigenvalue weighted by Gasteiger charge is -2.22. The van der Waals surface area contributed by atoms with Crippen LogP contribution in [-0.2, 0) is 14.3 Å². The van der Waals surface area contributed by atoms with E-state index in [0.717, 1.165) is 23.6 Å². The van der Waals surface area contributed by atoms with Crippen molar-refractivity contribution < 1.29 is 19.1 Å². The Morgan fingerprint density at radius 2 is 1.92 bits per heavy atom. The first-order valence-corrected chi connectivity index (χ1v) is 8.50. The van der Waals surface area contributed by atoms with Gasteiger partial charge < -0.3 is 14.8 Å². The zero-order valence-corrected chi connectivity index (χ0v) is 14.5. The number of nitrogens with zero attached hydrogens (tertiary/aromatic N) is 1. The summed E-state index contributed by atoms with van der Waals surface area (Å²) in [6.45, 7) is 0.973. The highest BCUT2D eigenvalue weighted by Gasteiger charge is 2.43. The summed E-state index contributed by atoms with van der Waals surface area (Å²) in [6.07, 6.45) is 1.84. The van der Waals surface area contributed by atoms with E-state index in [4.69, 9.17) is 9.47 Å². The average molecular weight is 352 g/mol. The van der Waals surface area contributed by atoms with Crippen LogP contribution in [0.5, 0.6) is 5.75 Å². The van der Waals surface area contributed by atoms with Crippen molar-refractivity contribution in [2.45, 2.75) is 25.3 Å². The van der Waals surface area contributed by atoms with Crippen molar-refractivity contribution in [1.29, 1.82) is 5.26 Å². The van der Waals surface area contributed by atoms with Gasteiger partial charge in [0.1, 0.15) is 11.3 Å². The molecule has 0 aliphatic heterocycles. The molecule has 2 aromatic carbocycles. The molecule has 0 heterocycles. The maximum absolute atomic E-state index is 11.9. The quantitative estimate of drug-likeness (QED) is 0.774. The first-order chi connectivity index (χ1) is 12.5. The number of fused-ring (bicyclic) bond motifs is 1. The van der Waals surface area contributed by atoms with E-state index < -0.39 is 24.0 Å². The van der Waals surface area contributed by atoms with Crippen molar-refractivity contribution in [3.8, 4) is 11.8 Å². The Morgan fingerprint density at radius 3 is 2.62 bits per heavy atom. The SMILES string of the molecule is C[C@@](C#N)(NC(=O)COC(=O)COc1ccc2ccccc2c1)C1CC1. The minimum atomic E-state index is -0.898. The van der Waals surface area contributed by atoms with Gasteiger partial charge in [0, 0.05) is 0 Å². The molecule has 134 valence electrons. The molecule has 1 saturated carbocycles. The molecule has 2 aromatic rings. The fourth-order valence-electron chi connectivity index (χ4n) is 2.79. The normalized spacial score (nSPS) is 15.5. The van der Waals surface area contributed by atoms with Crippen molar-refractivity contribution in [3.63, 3.8) is 0 Å². The Balaban J connectivity index is 1.45. The molecule has 0 radical (unpaired) electrons. The van der Waals surface area contributed by atoms with Crippen LogP contribution in [0.2, 0.25) is 0 Å². The van der Waals surface area contributed by atoms with Gasteiger partial charge in [0.05, 0.1) is 6.07 Å². The molecule has 1 aliphatic carbocycles. The molecule has 26 heavy (non-hydrogen) atoms. The van der Waals surface area contributed by atoms with Gasteiger partial charge in [0.2, 0.25) is 0 Å². The zero-order valence-electron chi connectivity index (χ0n) is 14.5. The van der Waals surface area contributed by atoms with E-state index in [9.17, 15) is 14.9 Å². The van der Waals surface area contributed by atoms with Crippen LogP contribution in [0, 0.1) is 17.2 Å². The first-order valence-electron chi connectivity index (χ1n) is 8.50. The lowest BCUT2D eigenvalue weighted by atomic mass is 9.98. The maximum Gasteiger partial charge on any atom is 0.344 e. The summed E-state index contributed by atoms with van der Waals surface area (Å²) < 4.78 is 10.3. The molecule has 1 atom stereocenters. The van der Waals surface area contributed by atoms with Crippen LogP contribution in [0.1, 0.15) is 19.8 Å². The van der Waals surface area contributed by atoms with Gasteiger partial charge in [-0.25, -0.2) is 4.79 Å². The molecule has 1 fully saturated rings. The van der Waals surface area contributed by atoms with Gasteiger partial charge in [0.15, 0.2) is 13.2 Å². The molecule has 1 aliphatic rings. The highest BCUT2D eigenvalue weighted by Crippen LogP contribution is 2.39. The number of carbonyl (C=O) groups excluding carboxylic acids is 2. The smallest absolute Gasteiger partial charge is 0.344 e. The van der Waals surface area contributed by atoms with Gasteiger partial charge in [-0.15, -0.1) is 0 Å². The molecule has 6 heteroatoms. The number of esters is 1. The number of ether oxygens (including phenoxy) is 2. The predicted octanol–water partition coefficient (Wildman–Crippen LogP) is 2.57. The third-order valence-electron chi connectivity index (χ3n) is 4.47. The van der Waals surface area contributed by atoms with E-state index in [-0.39, 0.29) is 12.5 Å². The van der Waals surface area contributed by atoms with E-state index in [0.29, 0.717) is 5.75 Å². The van der Waals surface area contributed by atoms with Gasteiger partial charge >= 0.3 is 5.97 Å². The summed E-state index contributed by atoms with van der Waals surface area (Å²) in [5.41, 5.74) is -0.898. The molecule has 0 unspecified atom stereocenters. The van der Waals surface area contributed by atoms with E-state index in [1.165, 1.54) is 0 Å². The number of benzene rings is 2. The van der Waals surface area contributed by atoms with E-state index in [1.807, 2.05) is 36.4 Å². The fourth-order valence-corrected chi connectivity index (χ4v) is 2.79. The summed E-state index contributed by atoms with van der Waals surface area (Å²) in [4.78, 5) is 23.7. The summed E-state index contributed by atoms with van der Waals surface area (Å²) in [5.74, 6) is -0.405. The number of amides is 1. The number of carbonyl (C=O) groups is 2. The van der Waals surface area contributed by atoms with Crippen molar-refractivity contribution in [2.24, 2.45) is 5.92 Å². The molecular weight excluding hydrogens is 332 g/mol. The zero-order chi connectivity index (χ0) is 18.6. The van der Waals surface area contributed by atoms with Gasteiger partial charge in [-0.1, -0.05) is 30.3 Å². The van der Waals surface area contributed by atoms with E-state index in [1.54, 1.807) is 13.0 Å². The molecule has 0 aromatic heterocycles. The van der Waals surface area contributed by atoms with Crippen molar-refractivity contribution in [2.75, 3.05) is 13.2 Å². The Hall–Kier alpha value is -3.07. The van der Waals surface area contributed by atoms with E-state index >= 15 is 0 Å². The number of hydrogen-bond acceptors (Lipinski definition) is 5. The van der Waals surface area contributed by atoms with Crippen LogP contribution in [0.15, 0.2) is 42.5 Å². The Kier molecular flexibility index (Phi) is 5.08. The van der Waals surface area contributed by atoms with Crippen molar-refractivity contribution in [3.05, 3.63) is 42.5 Å². The third-order valence-corrected chi connectivity index (χ3v) is 4.47. The molecular formula is C20H20N2O4. The minimum Gasteiger partial charge on any atom is -0.482 e. The fraction of sp³-hybridized carbons (Fsp3) is 0.350. The van der Waals surface area contributed by atoms with Crippen LogP contribution in [-0.4, -0.2) is 30.6 Å². The monoisotopic (exact) mass is 352 g/mol. The van der Waals surface area contributed by atoms with Gasteiger partial charge in [-0.05, 0) is 48.6 Å². The van der Waals surface area contributed by atoms with Crippen LogP contribution < -0.4 is 10.1 Å². The molecule has 0 saturated heterocycles. The number of nitriles is 1. The lowest BCUT2D eigenvalue weighted by Crippen LogP contribution is -2.48. The minimum absolute atomic E-state index is 0.170. The van der Waals surface area contributed by atoms with Crippen LogP contribution >= 0.6 is 0 Å². The second-order valence-corrected chi connectivity index (χ2v) is 6.59. The second-order valence-electron chi connectivity index (χ2n) is 6.59. The molecule has 6 nitrogen and oxygen atoms in total. The third kappa shape index (κ3) is 4.31. The van der Waals surface area contributed by atoms with E-state index in [2.05, 4.69) is 11.4 Å². The van der Waals surface area contributed by atoms with Gasteiger partial charge in [-0.3, -0.25) is 4.79 Å². The highest BCUT2D eigenvalue weighted by molar-refractivity contribution is 5.84. The molecule has 0 spiro atoms. The van der Waals surface area contributed by atoms with Crippen molar-refractivity contribution >= 4 is 22.6 Å². The summed E-state index contributed by atoms with van der Waals surface area (Å²) >= 11 is 0. The topological polar surface area (TPSA) is 88.4 Å². The van der Waals surface area contributed by atoms with Gasteiger partial charge in [-0.2, -0.15) is 5.26 Å². The predicted molar refractivity (Wildman–Crippen MR) is 95.3 cm³/mol. The summed E-state index contributed by atoms with van der Waals surface area (Å²) in [7, 11) is 0. The Labute approximate surface area is 151 Å². The molecule has 1 N–H and O–H groups in total. The molecule has 0 bridgehead atoms. The van der Waals surface area contributed by atoms with Crippen LogP contribution in [0.25, 0.3) is 10.8 Å². The van der Waals surface area contributed by atoms with Crippen molar-refractivity contribution in [1.82, 2.24) is 5.32 Å². The maximum atomic E-state index is 11.9. The summed E-state index contributed by atoms with van der Waals surface area (Å²) in [6, 6.07) is 15.5. The molecule has 3 rings (SSSR count). The standard InChI is InChI=1S/C20H20N2O4/c1-20(13-21,16-7-8-16)22-18(23)11-26-19(24)12-25-17-9-6-14-4-2-3-5-15(14)10-17/h2-6,9-10,16H,7-8,11-12H2,1H3,(H,22,23)/t20-/m0/s1. The Bertz CT molecular complexity index is 869. The number of rotatable bonds is 7. The summed E-state index contributed by atoms with van der Waals surface area (Å²) in [5, 5.41) is 13.9. The molecule has 1 amide bonds. The van der Waals surface area contributed by atoms with Crippen LogP contribution in [0.3, 0.4) is 0 Å². The van der Waals surface area contributed by atoms with Crippen LogP contribution in [0.4, 0.5) is 0 Å². The van der Waals surface area contributed by atoms with Gasteiger partial charge in [0.25, 0.3) is 5.91 Å².